The van der Waals surface area contributed by atoms with Gasteiger partial charge in [-0.05, 0) is 36.3 Å². The van der Waals surface area contributed by atoms with Gasteiger partial charge in [-0.15, -0.1) is 0 Å². The van der Waals surface area contributed by atoms with Gasteiger partial charge in [0, 0.05) is 32.1 Å². The predicted octanol–water partition coefficient (Wildman–Crippen LogP) is 2.90. The third kappa shape index (κ3) is 6.02. The maximum absolute atomic E-state index is 13.2. The highest BCUT2D eigenvalue weighted by Crippen LogP contribution is 2.37. The molecular weight excluding hydrogens is 439 g/mol. The first-order valence-corrected chi connectivity index (χ1v) is 11.2. The molecule has 1 fully saturated rings. The van der Waals surface area contributed by atoms with Crippen LogP contribution in [0.1, 0.15) is 18.9 Å². The second kappa shape index (κ2) is 10.4. The summed E-state index contributed by atoms with van der Waals surface area (Å²) in [5, 5.41) is 19.6. The molecule has 1 aliphatic heterocycles. The molecule has 2 N–H and O–H groups in total. The van der Waals surface area contributed by atoms with Crippen molar-refractivity contribution in [3.8, 4) is 0 Å². The molecule has 31 heavy (non-hydrogen) atoms. The van der Waals surface area contributed by atoms with E-state index in [-0.39, 0.29) is 43.1 Å². The number of rotatable bonds is 9. The van der Waals surface area contributed by atoms with E-state index in [9.17, 15) is 9.90 Å². The minimum Gasteiger partial charge on any atom is -0.492 e. The van der Waals surface area contributed by atoms with Crippen molar-refractivity contribution in [3.63, 3.8) is 0 Å². The zero-order valence-corrected chi connectivity index (χ0v) is 19.4. The smallest absolute Gasteiger partial charge is 0.227 e. The molecule has 0 saturated carbocycles. The molecule has 1 heterocycles. The van der Waals surface area contributed by atoms with Gasteiger partial charge in [0.25, 0.3) is 0 Å². The van der Waals surface area contributed by atoms with Gasteiger partial charge >= 0.3 is 0 Å². The van der Waals surface area contributed by atoms with Crippen molar-refractivity contribution in [1.29, 1.82) is 0 Å². The zero-order chi connectivity index (χ0) is 22.6. The van der Waals surface area contributed by atoms with Crippen LogP contribution in [0.4, 0.5) is 0 Å². The van der Waals surface area contributed by atoms with Crippen LogP contribution in [0.5, 0.6) is 0 Å². The van der Waals surface area contributed by atoms with Gasteiger partial charge in [0.05, 0.1) is 35.2 Å². The Morgan fingerprint density at radius 3 is 2.68 bits per heavy atom. The molecule has 3 rings (SSSR count). The molecule has 1 aromatic rings. The second-order valence-electron chi connectivity index (χ2n) is 8.54. The quantitative estimate of drug-likeness (QED) is 0.582. The first kappa shape index (κ1) is 24.1. The predicted molar refractivity (Wildman–Crippen MR) is 122 cm³/mol. The molecule has 170 valence electrons. The summed E-state index contributed by atoms with van der Waals surface area (Å²) in [6, 6.07) is 5.15. The van der Waals surface area contributed by atoms with E-state index in [4.69, 9.17) is 33.0 Å². The number of hydrogen-bond donors (Lipinski definition) is 2. The average molecular weight is 469 g/mol. The van der Waals surface area contributed by atoms with Crippen LogP contribution in [-0.2, 0) is 16.0 Å². The lowest BCUT2D eigenvalue weighted by molar-refractivity contribution is -0.134. The fourth-order valence-corrected chi connectivity index (χ4v) is 4.40. The van der Waals surface area contributed by atoms with Crippen molar-refractivity contribution in [2.75, 3.05) is 39.9 Å². The van der Waals surface area contributed by atoms with Crippen molar-refractivity contribution in [1.82, 2.24) is 9.80 Å². The number of hydrogen-bond acceptors (Lipinski definition) is 5. The number of β-amino-alcohol motifs (C(OH)–C–C–N with tert-alkyl or cyclic N) is 1. The molecule has 0 spiro atoms. The van der Waals surface area contributed by atoms with Crippen LogP contribution in [0.2, 0.25) is 10.0 Å². The number of aliphatic hydroxyl groups excluding tert-OH is 2. The summed E-state index contributed by atoms with van der Waals surface area (Å²) in [6.45, 7) is 4.25. The van der Waals surface area contributed by atoms with Gasteiger partial charge < -0.3 is 19.8 Å². The summed E-state index contributed by atoms with van der Waals surface area (Å²) < 4.78 is 5.52. The molecule has 1 aliphatic carbocycles. The molecule has 1 aromatic carbocycles. The number of carbonyl (C=O) groups excluding carboxylic acids is 1. The Labute approximate surface area is 193 Å². The fourth-order valence-electron chi connectivity index (χ4n) is 4.08. The Hall–Kier alpha value is -1.57. The van der Waals surface area contributed by atoms with Gasteiger partial charge in [0.2, 0.25) is 5.91 Å². The molecule has 1 unspecified atom stereocenters. The monoisotopic (exact) mass is 468 g/mol. The highest BCUT2D eigenvalue weighted by atomic mass is 35.5. The van der Waals surface area contributed by atoms with E-state index in [1.165, 1.54) is 0 Å². The van der Waals surface area contributed by atoms with Gasteiger partial charge in [0.1, 0.15) is 12.4 Å². The van der Waals surface area contributed by atoms with E-state index < -0.39 is 0 Å². The maximum atomic E-state index is 13.2. The van der Waals surface area contributed by atoms with Crippen LogP contribution in [0, 0.1) is 5.41 Å². The average Bonchev–Trinajstić information content (AvgIpc) is 2.72. The molecule has 0 radical (unpaired) electrons. The molecule has 2 aliphatic rings. The van der Waals surface area contributed by atoms with E-state index in [1.54, 1.807) is 12.1 Å². The molecule has 0 bridgehead atoms. The number of carbonyl (C=O) groups is 1. The number of nitrogens with zero attached hydrogens (tertiary/aromatic N) is 2. The molecule has 0 aromatic heterocycles. The largest absolute Gasteiger partial charge is 0.492 e. The Bertz CT molecular complexity index is 854. The molecular formula is C23H30Cl2N2O4. The number of likely N-dealkylation sites (tertiary alicyclic amines) is 1. The van der Waals surface area contributed by atoms with Crippen molar-refractivity contribution in [2.45, 2.75) is 31.9 Å². The summed E-state index contributed by atoms with van der Waals surface area (Å²) in [7, 11) is 1.83. The van der Waals surface area contributed by atoms with Crippen LogP contribution in [0.15, 0.2) is 42.2 Å². The van der Waals surface area contributed by atoms with Crippen molar-refractivity contribution >= 4 is 29.1 Å². The molecule has 8 heteroatoms. The van der Waals surface area contributed by atoms with Crippen LogP contribution in [0.25, 0.3) is 0 Å². The molecule has 2 atom stereocenters. The van der Waals surface area contributed by atoms with Gasteiger partial charge in [-0.2, -0.15) is 0 Å². The Balaban J connectivity index is 1.74. The van der Waals surface area contributed by atoms with Gasteiger partial charge in [-0.3, -0.25) is 9.69 Å². The number of amides is 1. The third-order valence-electron chi connectivity index (χ3n) is 6.06. The van der Waals surface area contributed by atoms with Crippen LogP contribution in [-0.4, -0.2) is 78.0 Å². The number of benzene rings is 1. The minimum atomic E-state index is -0.300. The Morgan fingerprint density at radius 1 is 1.35 bits per heavy atom. The lowest BCUT2D eigenvalue weighted by Gasteiger charge is -2.47. The van der Waals surface area contributed by atoms with E-state index in [0.29, 0.717) is 36.1 Å². The maximum Gasteiger partial charge on any atom is 0.227 e. The van der Waals surface area contributed by atoms with Gasteiger partial charge in [-0.1, -0.05) is 42.3 Å². The number of halogens is 2. The summed E-state index contributed by atoms with van der Waals surface area (Å²) in [5.74, 6) is 0.722. The number of ether oxygens (including phenoxy) is 1. The highest BCUT2D eigenvalue weighted by molar-refractivity contribution is 6.42. The van der Waals surface area contributed by atoms with Crippen LogP contribution < -0.4 is 0 Å². The van der Waals surface area contributed by atoms with E-state index in [2.05, 4.69) is 17.9 Å². The fraction of sp³-hybridized carbons (Fsp3) is 0.522. The van der Waals surface area contributed by atoms with Gasteiger partial charge in [0.15, 0.2) is 0 Å². The van der Waals surface area contributed by atoms with E-state index in [0.717, 1.165) is 11.3 Å². The molecule has 6 nitrogen and oxygen atoms in total. The number of allylic oxidation sites excluding steroid dienone is 2. The second-order valence-corrected chi connectivity index (χ2v) is 9.35. The number of likely N-dealkylation sites (N-methyl/N-ethyl adjacent to an activating group) is 1. The lowest BCUT2D eigenvalue weighted by atomic mass is 9.75. The summed E-state index contributed by atoms with van der Waals surface area (Å²) in [5.41, 5.74) is 0.516. The number of aliphatic hydroxyl groups is 2. The first-order chi connectivity index (χ1) is 14.7. The zero-order valence-electron chi connectivity index (χ0n) is 17.9. The summed E-state index contributed by atoms with van der Waals surface area (Å²) >= 11 is 12.1. The van der Waals surface area contributed by atoms with Crippen molar-refractivity contribution in [3.05, 3.63) is 57.8 Å². The Kier molecular flexibility index (Phi) is 8.05. The van der Waals surface area contributed by atoms with E-state index >= 15 is 0 Å². The standard InChI is InChI=1S/C23H30Cl2N2O4/c1-23(7-5-18(6-8-23)31-10-9-28)21(15-27-13-17(29)14-27)26(2)22(30)12-16-3-4-19(24)20(25)11-16/h3-7,11,17,21,28-29H,8-10,12-15H2,1-2H3/t21-,23?/m1/s1. The third-order valence-corrected chi connectivity index (χ3v) is 6.80. The van der Waals surface area contributed by atoms with E-state index in [1.807, 2.05) is 30.2 Å². The molecule has 1 saturated heterocycles. The summed E-state index contributed by atoms with van der Waals surface area (Å²) in [6.07, 6.45) is 6.64. The van der Waals surface area contributed by atoms with Crippen LogP contribution >= 0.6 is 23.2 Å². The van der Waals surface area contributed by atoms with Crippen molar-refractivity contribution < 1.29 is 19.7 Å². The summed E-state index contributed by atoms with van der Waals surface area (Å²) in [4.78, 5) is 17.2. The Morgan fingerprint density at radius 2 is 2.10 bits per heavy atom. The molecule has 1 amide bonds. The highest BCUT2D eigenvalue weighted by Gasteiger charge is 2.40. The minimum absolute atomic E-state index is 0.00890. The topological polar surface area (TPSA) is 73.2 Å². The normalized spacial score (nSPS) is 22.6. The van der Waals surface area contributed by atoms with Crippen molar-refractivity contribution in [2.24, 2.45) is 5.41 Å². The van der Waals surface area contributed by atoms with Crippen LogP contribution in [0.3, 0.4) is 0 Å². The van der Waals surface area contributed by atoms with Gasteiger partial charge in [-0.25, -0.2) is 0 Å². The first-order valence-electron chi connectivity index (χ1n) is 10.4. The lowest BCUT2D eigenvalue weighted by Crippen LogP contribution is -2.59. The SMILES string of the molecule is CN(C(=O)Cc1ccc(Cl)c(Cl)c1)[C@H](CN1CC(O)C1)C1(C)C=CC(OCCO)=CC1.